The van der Waals surface area contributed by atoms with E-state index in [1.165, 1.54) is 56.1 Å². The van der Waals surface area contributed by atoms with Crippen LogP contribution in [0, 0.1) is 30.6 Å². The van der Waals surface area contributed by atoms with Gasteiger partial charge in [0.15, 0.2) is 0 Å². The summed E-state index contributed by atoms with van der Waals surface area (Å²) in [5.74, 6) is 2.60. The third-order valence-electron chi connectivity index (χ3n) is 8.01. The molecule has 0 radical (unpaired) electrons. The van der Waals surface area contributed by atoms with E-state index in [4.69, 9.17) is 10.2 Å². The van der Waals surface area contributed by atoms with Crippen molar-refractivity contribution in [3.63, 3.8) is 0 Å². The number of aliphatic hydroxyl groups excluding tert-OH is 3. The van der Waals surface area contributed by atoms with Crippen molar-refractivity contribution in [1.82, 2.24) is 0 Å². The fraction of sp³-hybridized carbons (Fsp3) is 0.714. The molecule has 4 atom stereocenters. The lowest BCUT2D eigenvalue weighted by molar-refractivity contribution is 0.0673. The Hall–Kier alpha value is -1.64. The molecule has 0 aliphatic heterocycles. The summed E-state index contributed by atoms with van der Waals surface area (Å²) in [7, 11) is 2.00. The predicted octanol–water partition coefficient (Wildman–Crippen LogP) is 7.93. The van der Waals surface area contributed by atoms with Gasteiger partial charge in [0.1, 0.15) is 0 Å². The first-order valence-electron chi connectivity index (χ1n) is 15.1. The van der Waals surface area contributed by atoms with Gasteiger partial charge in [-0.3, -0.25) is 0 Å². The molecule has 4 N–H and O–H groups in total. The Morgan fingerprint density at radius 1 is 0.872 bits per heavy atom. The van der Waals surface area contributed by atoms with E-state index in [2.05, 4.69) is 38.0 Å². The zero-order chi connectivity index (χ0) is 30.3. The molecule has 3 unspecified atom stereocenters. The summed E-state index contributed by atoms with van der Waals surface area (Å²) in [5, 5.41) is 34.3. The van der Waals surface area contributed by atoms with Crippen LogP contribution in [0.2, 0.25) is 0 Å². The molecule has 4 nitrogen and oxygen atoms in total. The van der Waals surface area contributed by atoms with Crippen LogP contribution in [0.15, 0.2) is 47.1 Å². The van der Waals surface area contributed by atoms with E-state index in [1.807, 2.05) is 39.8 Å². The summed E-state index contributed by atoms with van der Waals surface area (Å²) in [6.45, 7) is 10.0. The molecule has 0 heterocycles. The summed E-state index contributed by atoms with van der Waals surface area (Å²) >= 11 is 0. The molecule has 3 saturated carbocycles. The Kier molecular flexibility index (Phi) is 24.5. The van der Waals surface area contributed by atoms with Crippen LogP contribution in [0.4, 0.5) is 0 Å². The molecule has 0 amide bonds. The van der Waals surface area contributed by atoms with E-state index in [0.717, 1.165) is 70.5 Å². The quantitative estimate of drug-likeness (QED) is 0.148. The Bertz CT molecular complexity index is 731. The van der Waals surface area contributed by atoms with Gasteiger partial charge in [0, 0.05) is 14.2 Å². The molecule has 0 aromatic rings. The maximum absolute atomic E-state index is 10.4. The van der Waals surface area contributed by atoms with Crippen LogP contribution in [0.5, 0.6) is 0 Å². The van der Waals surface area contributed by atoms with Gasteiger partial charge in [-0.2, -0.15) is 0 Å². The molecule has 0 aromatic carbocycles. The van der Waals surface area contributed by atoms with E-state index in [9.17, 15) is 10.2 Å². The monoisotopic (exact) mass is 546 g/mol. The summed E-state index contributed by atoms with van der Waals surface area (Å²) in [4.78, 5) is 0. The highest BCUT2D eigenvalue weighted by Crippen LogP contribution is 2.50. The third kappa shape index (κ3) is 16.3. The summed E-state index contributed by atoms with van der Waals surface area (Å²) in [6.07, 6.45) is 34.3. The zero-order valence-electron chi connectivity index (χ0n) is 26.3. The maximum atomic E-state index is 10.4. The molecule has 3 fully saturated rings. The Balaban J connectivity index is 0. The highest BCUT2D eigenvalue weighted by molar-refractivity contribution is 5.27. The molecule has 0 bridgehead atoms. The third-order valence-corrected chi connectivity index (χ3v) is 8.01. The molecule has 3 aliphatic rings. The lowest BCUT2D eigenvalue weighted by Crippen LogP contribution is -2.22. The van der Waals surface area contributed by atoms with Crippen molar-refractivity contribution >= 4 is 0 Å². The van der Waals surface area contributed by atoms with E-state index < -0.39 is 5.60 Å². The second-order valence-electron chi connectivity index (χ2n) is 11.2. The number of hydrogen-bond donors (Lipinski definition) is 4. The number of fused-ring (bicyclic) bond motifs is 1. The van der Waals surface area contributed by atoms with Crippen molar-refractivity contribution < 1.29 is 20.4 Å². The highest BCUT2D eigenvalue weighted by Gasteiger charge is 2.39. The SMILES string of the molecule is C#C.C/C=C/C.CC/C=C1/CC/C(=C/C=C2\CCCC3C(CCCCC(C)(C)O)CCC23)C[C@H]1O.CO.CO. The van der Waals surface area contributed by atoms with Gasteiger partial charge in [0.2, 0.25) is 0 Å². The van der Waals surface area contributed by atoms with E-state index in [0.29, 0.717) is 0 Å². The fourth-order valence-electron chi connectivity index (χ4n) is 6.13. The number of allylic oxidation sites excluding steroid dienone is 6. The molecule has 4 heteroatoms. The second-order valence-corrected chi connectivity index (χ2v) is 11.2. The molecule has 39 heavy (non-hydrogen) atoms. The van der Waals surface area contributed by atoms with Gasteiger partial charge in [0.25, 0.3) is 0 Å². The zero-order valence-corrected chi connectivity index (χ0v) is 26.3. The van der Waals surface area contributed by atoms with Crippen molar-refractivity contribution in [3.8, 4) is 12.8 Å². The topological polar surface area (TPSA) is 80.9 Å². The molecule has 3 rings (SSSR count). The molecular weight excluding hydrogens is 484 g/mol. The molecule has 0 spiro atoms. The van der Waals surface area contributed by atoms with Crippen molar-refractivity contribution in [2.24, 2.45) is 17.8 Å². The van der Waals surface area contributed by atoms with Crippen LogP contribution in [0.3, 0.4) is 0 Å². The minimum Gasteiger partial charge on any atom is -0.400 e. The molecule has 226 valence electrons. The molecule has 3 aliphatic carbocycles. The van der Waals surface area contributed by atoms with Gasteiger partial charge in [-0.1, -0.05) is 67.7 Å². The first-order chi connectivity index (χ1) is 18.8. The van der Waals surface area contributed by atoms with Crippen LogP contribution < -0.4 is 0 Å². The lowest BCUT2D eigenvalue weighted by Gasteiger charge is -2.32. The average molecular weight is 547 g/mol. The lowest BCUT2D eigenvalue weighted by atomic mass is 9.73. The number of hydrogen-bond acceptors (Lipinski definition) is 4. The number of unbranched alkanes of at least 4 members (excludes halogenated alkanes) is 1. The second kappa shape index (κ2) is 24.2. The van der Waals surface area contributed by atoms with Crippen LogP contribution >= 0.6 is 0 Å². The van der Waals surface area contributed by atoms with Crippen LogP contribution in [0.1, 0.15) is 118 Å². The first-order valence-corrected chi connectivity index (χ1v) is 15.1. The first kappa shape index (κ1) is 39.5. The van der Waals surface area contributed by atoms with Crippen molar-refractivity contribution in [2.75, 3.05) is 14.2 Å². The minimum absolute atomic E-state index is 0.257. The summed E-state index contributed by atoms with van der Waals surface area (Å²) < 4.78 is 0. The molecule has 0 saturated heterocycles. The predicted molar refractivity (Wildman–Crippen MR) is 169 cm³/mol. The van der Waals surface area contributed by atoms with Crippen LogP contribution in [-0.4, -0.2) is 46.4 Å². The van der Waals surface area contributed by atoms with Gasteiger partial charge in [-0.15, -0.1) is 12.8 Å². The standard InChI is InChI=1S/C27H44O2.C4H8.C2H2.2CH4O/c1-4-8-23-15-13-20(19-26(23)28)12-14-22-10-7-11-24-21(16-17-25(22)24)9-5-6-18-27(2,3)29;1-3-4-2;3*1-2/h8,12,14,21,24-26,28-29H,4-7,9-11,13,15-19H2,1-3H3;3-4H,1-2H3;1-2H;2*2H,1H3/b20-12-,22-14+,23-8-;4-3+;;;/t21?,24?,25?,26-;;;;/m1..../s1. The maximum Gasteiger partial charge on any atom is 0.0787 e. The molecular formula is C35H62O4. The molecule has 0 aromatic heterocycles. The number of terminal acetylenes is 1. The van der Waals surface area contributed by atoms with Gasteiger partial charge < -0.3 is 20.4 Å². The van der Waals surface area contributed by atoms with Gasteiger partial charge >= 0.3 is 0 Å². The minimum atomic E-state index is -0.508. The summed E-state index contributed by atoms with van der Waals surface area (Å²) in [5.41, 5.74) is 3.86. The van der Waals surface area contributed by atoms with E-state index in [1.54, 1.807) is 5.57 Å². The summed E-state index contributed by atoms with van der Waals surface area (Å²) in [6, 6.07) is 0. The van der Waals surface area contributed by atoms with Gasteiger partial charge in [-0.05, 0) is 115 Å². The Labute approximate surface area is 242 Å². The fourth-order valence-corrected chi connectivity index (χ4v) is 6.13. The number of rotatable bonds is 7. The largest absolute Gasteiger partial charge is 0.400 e. The van der Waals surface area contributed by atoms with E-state index >= 15 is 0 Å². The normalized spacial score (nSPS) is 27.3. The highest BCUT2D eigenvalue weighted by atomic mass is 16.3. The van der Waals surface area contributed by atoms with Gasteiger partial charge in [-0.25, -0.2) is 0 Å². The average Bonchev–Trinajstić information content (AvgIpc) is 3.38. The van der Waals surface area contributed by atoms with Gasteiger partial charge in [0.05, 0.1) is 11.7 Å². The Morgan fingerprint density at radius 2 is 1.51 bits per heavy atom. The number of aliphatic hydroxyl groups is 4. The van der Waals surface area contributed by atoms with Crippen LogP contribution in [-0.2, 0) is 0 Å². The van der Waals surface area contributed by atoms with Crippen molar-refractivity contribution in [3.05, 3.63) is 47.1 Å². The van der Waals surface area contributed by atoms with Crippen molar-refractivity contribution in [1.29, 1.82) is 0 Å². The van der Waals surface area contributed by atoms with Crippen LogP contribution in [0.25, 0.3) is 0 Å². The van der Waals surface area contributed by atoms with E-state index in [-0.39, 0.29) is 6.10 Å². The smallest absolute Gasteiger partial charge is 0.0787 e. The van der Waals surface area contributed by atoms with Crippen molar-refractivity contribution in [2.45, 2.75) is 130 Å². The Morgan fingerprint density at radius 3 is 2.05 bits per heavy atom.